The van der Waals surface area contributed by atoms with Crippen LogP contribution in [0, 0.1) is 0 Å². The summed E-state index contributed by atoms with van der Waals surface area (Å²) in [5, 5.41) is 4.70. The van der Waals surface area contributed by atoms with E-state index in [9.17, 15) is 0 Å². The van der Waals surface area contributed by atoms with E-state index in [4.69, 9.17) is 9.47 Å². The van der Waals surface area contributed by atoms with Crippen LogP contribution >= 0.6 is 11.3 Å². The van der Waals surface area contributed by atoms with Crippen molar-refractivity contribution in [2.75, 3.05) is 37.8 Å². The maximum absolute atomic E-state index is 5.83. The molecule has 1 unspecified atom stereocenters. The zero-order valence-corrected chi connectivity index (χ0v) is 13.8. The molecule has 23 heavy (non-hydrogen) atoms. The minimum absolute atomic E-state index is 0.360. The quantitative estimate of drug-likeness (QED) is 0.929. The van der Waals surface area contributed by atoms with Gasteiger partial charge in [0.15, 0.2) is 5.13 Å². The molecule has 0 amide bonds. The van der Waals surface area contributed by atoms with Crippen molar-refractivity contribution in [3.63, 3.8) is 0 Å². The zero-order valence-electron chi connectivity index (χ0n) is 13.0. The van der Waals surface area contributed by atoms with E-state index in [0.717, 1.165) is 56.8 Å². The van der Waals surface area contributed by atoms with Crippen LogP contribution in [0.3, 0.4) is 0 Å². The summed E-state index contributed by atoms with van der Waals surface area (Å²) in [6, 6.07) is 8.65. The molecule has 0 saturated carbocycles. The molecule has 1 N–H and O–H groups in total. The number of para-hydroxylation sites is 1. The first-order chi connectivity index (χ1) is 11.4. The molecule has 1 aromatic heterocycles. The van der Waals surface area contributed by atoms with Crippen molar-refractivity contribution in [1.82, 2.24) is 10.3 Å². The number of nitrogens with zero attached hydrogens (tertiary/aromatic N) is 2. The summed E-state index contributed by atoms with van der Waals surface area (Å²) in [6.45, 7) is 5.05. The Kier molecular flexibility index (Phi) is 4.46. The number of aromatic nitrogens is 1. The third-order valence-corrected chi connectivity index (χ3v) is 5.32. The highest BCUT2D eigenvalue weighted by Crippen LogP contribution is 2.25. The Morgan fingerprint density at radius 3 is 3.04 bits per heavy atom. The highest BCUT2D eigenvalue weighted by Gasteiger charge is 2.19. The molecule has 6 heteroatoms. The third kappa shape index (κ3) is 3.49. The fourth-order valence-corrected chi connectivity index (χ4v) is 3.90. The molecule has 1 atom stereocenters. The van der Waals surface area contributed by atoms with Crippen LogP contribution < -0.4 is 15.0 Å². The molecular formula is C17H21N3O2S. The summed E-state index contributed by atoms with van der Waals surface area (Å²) >= 11 is 1.77. The molecule has 0 aliphatic carbocycles. The van der Waals surface area contributed by atoms with Crippen LogP contribution in [0.1, 0.15) is 10.4 Å². The normalized spacial score (nSPS) is 20.9. The lowest BCUT2D eigenvalue weighted by molar-refractivity contribution is 0.122. The summed E-state index contributed by atoms with van der Waals surface area (Å²) in [5.41, 5.74) is 1.29. The van der Waals surface area contributed by atoms with Crippen molar-refractivity contribution in [2.45, 2.75) is 19.0 Å². The molecular weight excluding hydrogens is 310 g/mol. The van der Waals surface area contributed by atoms with Gasteiger partial charge in [-0.2, -0.15) is 0 Å². The van der Waals surface area contributed by atoms with Gasteiger partial charge in [0, 0.05) is 36.8 Å². The lowest BCUT2D eigenvalue weighted by atomic mass is 10.0. The Balaban J connectivity index is 1.32. The Labute approximate surface area is 140 Å². The number of rotatable bonds is 4. The van der Waals surface area contributed by atoms with Gasteiger partial charge in [0.1, 0.15) is 12.4 Å². The fourth-order valence-electron chi connectivity index (χ4n) is 2.98. The second-order valence-electron chi connectivity index (χ2n) is 5.91. The van der Waals surface area contributed by atoms with Crippen LogP contribution in [0.5, 0.6) is 5.75 Å². The van der Waals surface area contributed by atoms with Crippen molar-refractivity contribution >= 4 is 16.5 Å². The van der Waals surface area contributed by atoms with E-state index in [1.165, 1.54) is 10.4 Å². The van der Waals surface area contributed by atoms with Crippen LogP contribution in [-0.2, 0) is 17.7 Å². The van der Waals surface area contributed by atoms with Crippen LogP contribution in [0.25, 0.3) is 0 Å². The average molecular weight is 331 g/mol. The summed E-state index contributed by atoms with van der Waals surface area (Å²) < 4.78 is 11.2. The van der Waals surface area contributed by atoms with Gasteiger partial charge in [-0.05, 0) is 18.1 Å². The van der Waals surface area contributed by atoms with Gasteiger partial charge in [0.2, 0.25) is 0 Å². The first-order valence-corrected chi connectivity index (χ1v) is 8.91. The van der Waals surface area contributed by atoms with Gasteiger partial charge in [0.25, 0.3) is 0 Å². The summed E-state index contributed by atoms with van der Waals surface area (Å²) in [6.07, 6.45) is 3.01. The molecule has 0 spiro atoms. The molecule has 4 rings (SSSR count). The van der Waals surface area contributed by atoms with Crippen LogP contribution in [-0.4, -0.2) is 43.9 Å². The summed E-state index contributed by atoms with van der Waals surface area (Å²) in [7, 11) is 0. The number of hydrogen-bond acceptors (Lipinski definition) is 6. The maximum atomic E-state index is 5.83. The number of nitrogens with one attached hydrogen (secondary N) is 1. The molecule has 1 fully saturated rings. The predicted molar refractivity (Wildman–Crippen MR) is 91.4 cm³/mol. The van der Waals surface area contributed by atoms with Crippen LogP contribution in [0.15, 0.2) is 30.5 Å². The van der Waals surface area contributed by atoms with Crippen LogP contribution in [0.2, 0.25) is 0 Å². The topological polar surface area (TPSA) is 46.6 Å². The van der Waals surface area contributed by atoms with Gasteiger partial charge in [-0.3, -0.25) is 0 Å². The van der Waals surface area contributed by atoms with Crippen LogP contribution in [0.4, 0.5) is 5.13 Å². The maximum Gasteiger partial charge on any atom is 0.185 e. The fraction of sp³-hybridized carbons (Fsp3) is 0.471. The van der Waals surface area contributed by atoms with Crippen molar-refractivity contribution < 1.29 is 9.47 Å². The second-order valence-corrected chi connectivity index (χ2v) is 7.00. The predicted octanol–water partition coefficient (Wildman–Crippen LogP) is 2.07. The number of thiazole rings is 1. The first kappa shape index (κ1) is 14.9. The van der Waals surface area contributed by atoms with Crippen molar-refractivity contribution in [2.24, 2.45) is 0 Å². The number of benzene rings is 1. The molecule has 3 heterocycles. The van der Waals surface area contributed by atoms with E-state index in [-0.39, 0.29) is 0 Å². The largest absolute Gasteiger partial charge is 0.492 e. The number of anilines is 1. The van der Waals surface area contributed by atoms with Gasteiger partial charge < -0.3 is 19.7 Å². The van der Waals surface area contributed by atoms with E-state index in [1.54, 1.807) is 11.3 Å². The van der Waals surface area contributed by atoms with Gasteiger partial charge in [-0.25, -0.2) is 4.98 Å². The lowest BCUT2D eigenvalue weighted by Gasteiger charge is -2.26. The molecule has 1 aromatic carbocycles. The second kappa shape index (κ2) is 6.86. The van der Waals surface area contributed by atoms with E-state index in [0.29, 0.717) is 6.04 Å². The number of hydrogen-bond donors (Lipinski definition) is 1. The van der Waals surface area contributed by atoms with Gasteiger partial charge in [-0.15, -0.1) is 11.3 Å². The highest BCUT2D eigenvalue weighted by molar-refractivity contribution is 7.15. The van der Waals surface area contributed by atoms with Crippen molar-refractivity contribution in [3.05, 3.63) is 40.9 Å². The molecule has 2 aliphatic heterocycles. The van der Waals surface area contributed by atoms with Gasteiger partial charge in [0.05, 0.1) is 13.2 Å². The average Bonchev–Trinajstić information content (AvgIpc) is 3.10. The minimum atomic E-state index is 0.360. The number of ether oxygens (including phenoxy) is 2. The van der Waals surface area contributed by atoms with Gasteiger partial charge >= 0.3 is 0 Å². The molecule has 122 valence electrons. The molecule has 1 saturated heterocycles. The standard InChI is InChI=1S/C17H21N3O2S/c1-2-4-16-13(3-1)9-14(12-22-16)18-10-15-11-19-17(23-15)20-5-7-21-8-6-20/h1-4,11,14,18H,5-10,12H2. The van der Waals surface area contributed by atoms with Gasteiger partial charge in [-0.1, -0.05) is 18.2 Å². The molecule has 0 bridgehead atoms. The van der Waals surface area contributed by atoms with E-state index in [2.05, 4.69) is 27.3 Å². The smallest absolute Gasteiger partial charge is 0.185 e. The SMILES string of the molecule is c1ccc2c(c1)CC(NCc1cnc(N3CCOCC3)s1)CO2. The van der Waals surface area contributed by atoms with E-state index in [1.807, 2.05) is 18.3 Å². The third-order valence-electron chi connectivity index (χ3n) is 4.27. The Bertz CT molecular complexity index is 655. The monoisotopic (exact) mass is 331 g/mol. The molecule has 5 nitrogen and oxygen atoms in total. The zero-order chi connectivity index (χ0) is 15.5. The Hall–Kier alpha value is -1.63. The van der Waals surface area contributed by atoms with Crippen molar-refractivity contribution in [1.29, 1.82) is 0 Å². The summed E-state index contributed by atoms with van der Waals surface area (Å²) in [5.74, 6) is 1.03. The summed E-state index contributed by atoms with van der Waals surface area (Å²) in [4.78, 5) is 8.13. The number of fused-ring (bicyclic) bond motifs is 1. The molecule has 2 aliphatic rings. The van der Waals surface area contributed by atoms with E-state index < -0.39 is 0 Å². The molecule has 0 radical (unpaired) electrons. The molecule has 2 aromatic rings. The highest BCUT2D eigenvalue weighted by atomic mass is 32.1. The Morgan fingerprint density at radius 2 is 2.13 bits per heavy atom. The lowest BCUT2D eigenvalue weighted by Crippen LogP contribution is -2.38. The van der Waals surface area contributed by atoms with E-state index >= 15 is 0 Å². The first-order valence-electron chi connectivity index (χ1n) is 8.10. The Morgan fingerprint density at radius 1 is 1.26 bits per heavy atom. The number of morpholine rings is 1. The minimum Gasteiger partial charge on any atom is -0.492 e. The van der Waals surface area contributed by atoms with Crippen molar-refractivity contribution in [3.8, 4) is 5.75 Å².